The Morgan fingerprint density at radius 3 is 1.03 bits per heavy atom. The normalized spacial score (nSPS) is 22.6. The quantitative estimate of drug-likeness (QED) is 0.0204. The van der Waals surface area contributed by atoms with Crippen molar-refractivity contribution in [3.8, 4) is 0 Å². The molecule has 0 bridgehead atoms. The lowest BCUT2D eigenvalue weighted by molar-refractivity contribution is -0.359. The molecule has 12 unspecified atom stereocenters. The summed E-state index contributed by atoms with van der Waals surface area (Å²) in [6, 6.07) is -0.827. The number of aliphatic hydroxyl groups is 8. The minimum Gasteiger partial charge on any atom is -0.394 e. The van der Waals surface area contributed by atoms with Crippen molar-refractivity contribution in [2.45, 2.75) is 460 Å². The van der Waals surface area contributed by atoms with Crippen LogP contribution in [-0.2, 0) is 23.7 Å². The maximum Gasteiger partial charge on any atom is 0.220 e. The van der Waals surface area contributed by atoms with E-state index in [2.05, 4.69) is 31.3 Å². The number of unbranched alkanes of at least 4 members (excludes halogenated alkanes) is 53. The van der Waals surface area contributed by atoms with E-state index in [4.69, 9.17) is 18.9 Å². The topological polar surface area (TPSA) is 228 Å². The minimum atomic E-state index is -1.78. The van der Waals surface area contributed by atoms with Crippen LogP contribution in [0.5, 0.6) is 0 Å². The molecule has 0 aromatic heterocycles. The number of hydrogen-bond donors (Lipinski definition) is 9. The van der Waals surface area contributed by atoms with Gasteiger partial charge < -0.3 is 65.1 Å². The number of aliphatic hydroxyl groups excluding tert-OH is 8. The van der Waals surface area contributed by atoms with Crippen molar-refractivity contribution in [2.24, 2.45) is 0 Å². The Bertz CT molecular complexity index is 1590. The van der Waals surface area contributed by atoms with E-state index >= 15 is 0 Å². The zero-order chi connectivity index (χ0) is 66.6. The summed E-state index contributed by atoms with van der Waals surface area (Å²) in [4.78, 5) is 13.4. The summed E-state index contributed by atoms with van der Waals surface area (Å²) >= 11 is 0. The SMILES string of the molecule is CCCCCCCCCC/C=C\CCCCCCCCCCCCCCCCCCCCCC(=O)NC(COC1OC(CO)C(OC2OC(CO)C(O)C(O)C2O)C(O)C1O)C(O)CCCCCCCCCCCCCCCCCCCCCCCCCCCCC. The highest BCUT2D eigenvalue weighted by Crippen LogP contribution is 2.30. The molecule has 2 rings (SSSR count). The third kappa shape index (κ3) is 46.1. The second-order valence-electron chi connectivity index (χ2n) is 28.6. The second kappa shape index (κ2) is 63.2. The molecular formula is C78H151NO13. The molecule has 9 N–H and O–H groups in total. The van der Waals surface area contributed by atoms with Crippen LogP contribution in [0.15, 0.2) is 12.2 Å². The summed E-state index contributed by atoms with van der Waals surface area (Å²) < 4.78 is 23.0. The molecule has 0 aliphatic carbocycles. The third-order valence-electron chi connectivity index (χ3n) is 20.0. The highest BCUT2D eigenvalue weighted by Gasteiger charge is 2.51. The molecule has 2 heterocycles. The van der Waals surface area contributed by atoms with Gasteiger partial charge in [0.15, 0.2) is 12.6 Å². The lowest BCUT2D eigenvalue weighted by atomic mass is 9.97. The van der Waals surface area contributed by atoms with Gasteiger partial charge in [0, 0.05) is 6.42 Å². The van der Waals surface area contributed by atoms with Crippen molar-refractivity contribution in [3.05, 3.63) is 12.2 Å². The van der Waals surface area contributed by atoms with Crippen LogP contribution < -0.4 is 5.32 Å². The number of carbonyl (C=O) groups is 1. The molecule has 2 aliphatic heterocycles. The molecule has 0 radical (unpaired) electrons. The number of amides is 1. The fourth-order valence-electron chi connectivity index (χ4n) is 13.7. The molecule has 0 saturated carbocycles. The third-order valence-corrected chi connectivity index (χ3v) is 20.0. The average Bonchev–Trinajstić information content (AvgIpc) is 0.844. The molecule has 12 atom stereocenters. The Balaban J connectivity index is 1.61. The largest absolute Gasteiger partial charge is 0.394 e. The molecule has 92 heavy (non-hydrogen) atoms. The minimum absolute atomic E-state index is 0.197. The van der Waals surface area contributed by atoms with Gasteiger partial charge in [0.2, 0.25) is 5.91 Å². The van der Waals surface area contributed by atoms with E-state index in [1.165, 1.54) is 308 Å². The van der Waals surface area contributed by atoms with Crippen molar-refractivity contribution in [2.75, 3.05) is 19.8 Å². The van der Waals surface area contributed by atoms with Crippen LogP contribution in [0.4, 0.5) is 0 Å². The van der Waals surface area contributed by atoms with Crippen molar-refractivity contribution in [3.63, 3.8) is 0 Å². The van der Waals surface area contributed by atoms with Crippen molar-refractivity contribution >= 4 is 5.91 Å². The maximum atomic E-state index is 13.4. The van der Waals surface area contributed by atoms with Gasteiger partial charge in [-0.2, -0.15) is 0 Å². The van der Waals surface area contributed by atoms with Crippen LogP contribution in [0.2, 0.25) is 0 Å². The number of rotatable bonds is 68. The molecule has 2 aliphatic rings. The lowest BCUT2D eigenvalue weighted by Gasteiger charge is -2.46. The van der Waals surface area contributed by atoms with Gasteiger partial charge in [0.05, 0.1) is 32.0 Å². The monoisotopic (exact) mass is 1310 g/mol. The summed E-state index contributed by atoms with van der Waals surface area (Å²) in [5.74, 6) is -0.197. The van der Waals surface area contributed by atoms with Crippen LogP contribution in [-0.4, -0.2) is 140 Å². The summed E-state index contributed by atoms with van der Waals surface area (Å²) in [5.41, 5.74) is 0. The number of hydrogen-bond acceptors (Lipinski definition) is 13. The maximum absolute atomic E-state index is 13.4. The smallest absolute Gasteiger partial charge is 0.220 e. The van der Waals surface area contributed by atoms with Gasteiger partial charge in [0.1, 0.15) is 48.8 Å². The number of nitrogens with one attached hydrogen (secondary N) is 1. The first kappa shape index (κ1) is 86.8. The molecule has 0 spiro atoms. The summed E-state index contributed by atoms with van der Waals surface area (Å²) in [5, 5.41) is 87.8. The van der Waals surface area contributed by atoms with Crippen LogP contribution in [0.25, 0.3) is 0 Å². The Morgan fingerprint density at radius 1 is 0.380 bits per heavy atom. The molecule has 2 saturated heterocycles. The van der Waals surface area contributed by atoms with E-state index in [9.17, 15) is 45.6 Å². The second-order valence-corrected chi connectivity index (χ2v) is 28.6. The fourth-order valence-corrected chi connectivity index (χ4v) is 13.7. The van der Waals surface area contributed by atoms with Gasteiger partial charge in [-0.05, 0) is 38.5 Å². The van der Waals surface area contributed by atoms with Crippen LogP contribution in [0.3, 0.4) is 0 Å². The average molecular weight is 1310 g/mol. The van der Waals surface area contributed by atoms with E-state index < -0.39 is 86.8 Å². The predicted molar refractivity (Wildman–Crippen MR) is 379 cm³/mol. The molecule has 14 heteroatoms. The Labute approximate surface area is 565 Å². The van der Waals surface area contributed by atoms with Gasteiger partial charge in [-0.3, -0.25) is 4.79 Å². The molecular weight excluding hydrogens is 1160 g/mol. The van der Waals surface area contributed by atoms with Crippen LogP contribution in [0, 0.1) is 0 Å². The fraction of sp³-hybridized carbons (Fsp3) is 0.962. The molecule has 0 aromatic rings. The zero-order valence-electron chi connectivity index (χ0n) is 59.8. The Kier molecular flexibility index (Phi) is 59.6. The van der Waals surface area contributed by atoms with E-state index in [-0.39, 0.29) is 12.5 Å². The van der Waals surface area contributed by atoms with Crippen LogP contribution >= 0.6 is 0 Å². The molecule has 14 nitrogen and oxygen atoms in total. The zero-order valence-corrected chi connectivity index (χ0v) is 59.8. The molecule has 1 amide bonds. The molecule has 0 aromatic carbocycles. The highest BCUT2D eigenvalue weighted by molar-refractivity contribution is 5.76. The standard InChI is InChI=1S/C78H151NO13/c1-3-5-7-9-11-13-15-17-19-21-23-25-27-29-31-32-33-34-36-38-40-42-44-46-48-50-52-54-56-58-60-62-70(83)79-66(65-89-77-75(88)73(86)76(69(64-81)91-77)92-78-74(87)72(85)71(84)68(63-80)90-78)67(82)61-59-57-55-53-51-49-47-45-43-41-39-37-35-30-28-26-24-22-20-18-16-14-12-10-8-6-4-2/h21,23,66-69,71-78,80-82,84-88H,3-20,22,24-65H2,1-2H3,(H,79,83)/b23-21-. The summed E-state index contributed by atoms with van der Waals surface area (Å²) in [7, 11) is 0. The summed E-state index contributed by atoms with van der Waals surface area (Å²) in [6.07, 6.45) is 62.5. The first-order valence-electron chi connectivity index (χ1n) is 39.9. The number of carbonyl (C=O) groups excluding carboxylic acids is 1. The van der Waals surface area contributed by atoms with E-state index in [0.717, 1.165) is 51.4 Å². The van der Waals surface area contributed by atoms with Crippen molar-refractivity contribution < 1.29 is 64.6 Å². The van der Waals surface area contributed by atoms with Crippen molar-refractivity contribution in [1.29, 1.82) is 0 Å². The molecule has 546 valence electrons. The van der Waals surface area contributed by atoms with Crippen molar-refractivity contribution in [1.82, 2.24) is 5.32 Å². The van der Waals surface area contributed by atoms with Crippen LogP contribution in [0.1, 0.15) is 386 Å². The van der Waals surface area contributed by atoms with Gasteiger partial charge >= 0.3 is 0 Å². The van der Waals surface area contributed by atoms with Gasteiger partial charge in [-0.1, -0.05) is 353 Å². The Morgan fingerprint density at radius 2 is 0.685 bits per heavy atom. The highest BCUT2D eigenvalue weighted by atomic mass is 16.7. The van der Waals surface area contributed by atoms with E-state index in [0.29, 0.717) is 12.8 Å². The first-order valence-corrected chi connectivity index (χ1v) is 39.9. The first-order chi connectivity index (χ1) is 45.1. The van der Waals surface area contributed by atoms with Gasteiger partial charge in [-0.25, -0.2) is 0 Å². The Hall–Kier alpha value is -1.27. The molecule has 2 fully saturated rings. The summed E-state index contributed by atoms with van der Waals surface area (Å²) in [6.45, 7) is 2.94. The van der Waals surface area contributed by atoms with E-state index in [1.807, 2.05) is 0 Å². The number of ether oxygens (including phenoxy) is 4. The lowest BCUT2D eigenvalue weighted by Crippen LogP contribution is -2.65. The van der Waals surface area contributed by atoms with E-state index in [1.54, 1.807) is 0 Å². The number of allylic oxidation sites excluding steroid dienone is 2. The predicted octanol–water partition coefficient (Wildman–Crippen LogP) is 17.7. The van der Waals surface area contributed by atoms with Gasteiger partial charge in [0.25, 0.3) is 0 Å². The van der Waals surface area contributed by atoms with Gasteiger partial charge in [-0.15, -0.1) is 0 Å².